The van der Waals surface area contributed by atoms with Crippen LogP contribution in [0.15, 0.2) is 18.2 Å². The molecule has 0 aliphatic rings. The van der Waals surface area contributed by atoms with Gasteiger partial charge in [-0.1, -0.05) is 0 Å². The smallest absolute Gasteiger partial charge is 0.308 e. The Labute approximate surface area is 108 Å². The molecule has 99 valence electrons. The van der Waals surface area contributed by atoms with E-state index in [9.17, 15) is 4.79 Å². The van der Waals surface area contributed by atoms with Gasteiger partial charge in [-0.2, -0.15) is 0 Å². The van der Waals surface area contributed by atoms with Gasteiger partial charge in [0.1, 0.15) is 11.5 Å². The highest BCUT2D eigenvalue weighted by Gasteiger charge is 2.11. The van der Waals surface area contributed by atoms with Gasteiger partial charge in [0.2, 0.25) is 0 Å². The largest absolute Gasteiger partial charge is 0.491 e. The lowest BCUT2D eigenvalue weighted by atomic mass is 10.0. The Balaban J connectivity index is 3.06. The summed E-state index contributed by atoms with van der Waals surface area (Å²) in [7, 11) is 0. The van der Waals surface area contributed by atoms with Crippen LogP contribution in [0.3, 0.4) is 0 Å². The van der Waals surface area contributed by atoms with Crippen LogP contribution < -0.4 is 9.47 Å². The molecular weight excluding hydrogens is 232 g/mol. The zero-order valence-corrected chi connectivity index (χ0v) is 11.0. The zero-order valence-electron chi connectivity index (χ0n) is 11.0. The van der Waals surface area contributed by atoms with Crippen molar-refractivity contribution in [3.8, 4) is 11.5 Å². The molecule has 0 saturated carbocycles. The van der Waals surface area contributed by atoms with E-state index < -0.39 is 5.97 Å². The first-order valence-corrected chi connectivity index (χ1v) is 5.86. The lowest BCUT2D eigenvalue weighted by Crippen LogP contribution is -2.08. The third-order valence-electron chi connectivity index (χ3n) is 2.23. The maximum atomic E-state index is 11.0. The molecule has 1 aromatic rings. The Morgan fingerprint density at radius 3 is 2.44 bits per heavy atom. The molecule has 18 heavy (non-hydrogen) atoms. The highest BCUT2D eigenvalue weighted by molar-refractivity contribution is 5.69. The number of rotatable bonds is 5. The maximum absolute atomic E-state index is 11.0. The van der Waals surface area contributed by atoms with Gasteiger partial charge >= 0.3 is 5.97 Å². The minimum Gasteiger partial charge on any atom is -0.491 e. The fraction of sp³-hybridized carbons (Fsp3) is 0.429. The molecule has 0 bridgehead atoms. The van der Waals surface area contributed by atoms with E-state index in [1.54, 1.807) is 18.2 Å². The van der Waals surface area contributed by atoms with Crippen LogP contribution in [0.25, 0.3) is 0 Å². The monoisotopic (exact) mass is 251 g/mol. The summed E-state index contributed by atoms with van der Waals surface area (Å²) < 4.78 is 10.6. The van der Waals surface area contributed by atoms with Crippen molar-refractivity contribution in [3.05, 3.63) is 30.7 Å². The third kappa shape index (κ3) is 4.37. The molecule has 0 fully saturated rings. The average Bonchev–Trinajstić information content (AvgIpc) is 2.25. The Hall–Kier alpha value is -1.55. The molecule has 0 heterocycles. The van der Waals surface area contributed by atoms with Gasteiger partial charge in [-0.25, -0.2) is 0 Å². The standard InChI is InChI=1S/C14H19O4/c1-9(2)17-13-5-12(10(3)8-15)6-14(7-13)18-11(4)16/h5-7,9-10,15H,3,8H2,1-2,4H3. The molecule has 0 amide bonds. The van der Waals surface area contributed by atoms with Crippen molar-refractivity contribution in [1.29, 1.82) is 0 Å². The van der Waals surface area contributed by atoms with E-state index in [1.165, 1.54) is 6.92 Å². The quantitative estimate of drug-likeness (QED) is 0.644. The molecular formula is C14H19O4. The van der Waals surface area contributed by atoms with Gasteiger partial charge in [-0.3, -0.25) is 4.79 Å². The van der Waals surface area contributed by atoms with Crippen LogP contribution in [-0.4, -0.2) is 23.8 Å². The molecule has 1 unspecified atom stereocenters. The van der Waals surface area contributed by atoms with Crippen LogP contribution in [0, 0.1) is 6.92 Å². The number of carbonyl (C=O) groups is 1. The summed E-state index contributed by atoms with van der Waals surface area (Å²) in [6.45, 7) is 8.90. The van der Waals surface area contributed by atoms with Crippen LogP contribution in [0.2, 0.25) is 0 Å². The van der Waals surface area contributed by atoms with Crippen molar-refractivity contribution in [2.45, 2.75) is 32.8 Å². The first-order valence-electron chi connectivity index (χ1n) is 5.86. The maximum Gasteiger partial charge on any atom is 0.308 e. The third-order valence-corrected chi connectivity index (χ3v) is 2.23. The van der Waals surface area contributed by atoms with Gasteiger partial charge in [0.15, 0.2) is 0 Å². The van der Waals surface area contributed by atoms with E-state index >= 15 is 0 Å². The van der Waals surface area contributed by atoms with Crippen molar-refractivity contribution in [1.82, 2.24) is 0 Å². The van der Waals surface area contributed by atoms with E-state index in [0.29, 0.717) is 11.5 Å². The lowest BCUT2D eigenvalue weighted by Gasteiger charge is -2.15. The lowest BCUT2D eigenvalue weighted by molar-refractivity contribution is -0.131. The molecule has 0 aromatic heterocycles. The topological polar surface area (TPSA) is 55.8 Å². The van der Waals surface area contributed by atoms with E-state index in [4.69, 9.17) is 14.6 Å². The number of aliphatic hydroxyl groups is 1. The molecule has 1 N–H and O–H groups in total. The van der Waals surface area contributed by atoms with E-state index in [2.05, 4.69) is 6.92 Å². The summed E-state index contributed by atoms with van der Waals surface area (Å²) in [4.78, 5) is 11.0. The normalized spacial score (nSPS) is 12.3. The minimum absolute atomic E-state index is 0.0165. The van der Waals surface area contributed by atoms with E-state index in [-0.39, 0.29) is 18.6 Å². The van der Waals surface area contributed by atoms with Crippen molar-refractivity contribution in [2.24, 2.45) is 0 Å². The van der Waals surface area contributed by atoms with Gasteiger partial charge in [0.05, 0.1) is 6.10 Å². The Morgan fingerprint density at radius 1 is 1.33 bits per heavy atom. The van der Waals surface area contributed by atoms with Crippen molar-refractivity contribution < 1.29 is 19.4 Å². The van der Waals surface area contributed by atoms with E-state index in [1.807, 2.05) is 13.8 Å². The number of aliphatic hydroxyl groups excluding tert-OH is 1. The molecule has 1 rings (SSSR count). The Kier molecular flexibility index (Phi) is 5.16. The van der Waals surface area contributed by atoms with Gasteiger partial charge in [0.25, 0.3) is 0 Å². The fourth-order valence-electron chi connectivity index (χ4n) is 1.50. The van der Waals surface area contributed by atoms with Gasteiger partial charge in [0, 0.05) is 25.5 Å². The summed E-state index contributed by atoms with van der Waals surface area (Å²) in [6, 6.07) is 5.12. The molecule has 1 aromatic carbocycles. The summed E-state index contributed by atoms with van der Waals surface area (Å²) in [5.74, 6) is 0.320. The van der Waals surface area contributed by atoms with Gasteiger partial charge < -0.3 is 14.6 Å². The molecule has 0 aliphatic heterocycles. The molecule has 4 heteroatoms. The number of ether oxygens (including phenoxy) is 2. The van der Waals surface area contributed by atoms with Crippen LogP contribution in [0.5, 0.6) is 11.5 Å². The van der Waals surface area contributed by atoms with Gasteiger partial charge in [-0.05, 0) is 38.5 Å². The molecule has 0 saturated heterocycles. The number of benzene rings is 1. The second-order valence-corrected chi connectivity index (χ2v) is 4.38. The van der Waals surface area contributed by atoms with Crippen molar-refractivity contribution in [2.75, 3.05) is 6.61 Å². The van der Waals surface area contributed by atoms with Crippen LogP contribution in [-0.2, 0) is 4.79 Å². The fourth-order valence-corrected chi connectivity index (χ4v) is 1.50. The van der Waals surface area contributed by atoms with Crippen LogP contribution >= 0.6 is 0 Å². The summed E-state index contributed by atoms with van der Waals surface area (Å²) in [6.07, 6.45) is 0.0165. The van der Waals surface area contributed by atoms with Crippen molar-refractivity contribution >= 4 is 5.97 Å². The number of carbonyl (C=O) groups excluding carboxylic acids is 1. The van der Waals surface area contributed by atoms with Crippen LogP contribution in [0.4, 0.5) is 0 Å². The summed E-state index contributed by atoms with van der Waals surface area (Å²) >= 11 is 0. The van der Waals surface area contributed by atoms with Crippen molar-refractivity contribution in [3.63, 3.8) is 0 Å². The Morgan fingerprint density at radius 2 is 1.94 bits per heavy atom. The second kappa shape index (κ2) is 6.40. The molecule has 0 spiro atoms. The average molecular weight is 251 g/mol. The first kappa shape index (κ1) is 14.5. The predicted octanol–water partition coefficient (Wildman–Crippen LogP) is 2.31. The summed E-state index contributed by atoms with van der Waals surface area (Å²) in [5, 5.41) is 9.12. The highest BCUT2D eigenvalue weighted by atomic mass is 16.5. The molecule has 4 nitrogen and oxygen atoms in total. The van der Waals surface area contributed by atoms with E-state index in [0.717, 1.165) is 5.56 Å². The molecule has 0 aliphatic carbocycles. The SMILES string of the molecule is [CH2]C(CO)c1cc(OC(C)=O)cc(OC(C)C)c1. The zero-order chi connectivity index (χ0) is 13.7. The Bertz CT molecular complexity index is 412. The predicted molar refractivity (Wildman–Crippen MR) is 68.7 cm³/mol. The second-order valence-electron chi connectivity index (χ2n) is 4.38. The number of esters is 1. The van der Waals surface area contributed by atoms with Crippen LogP contribution in [0.1, 0.15) is 32.3 Å². The number of hydrogen-bond acceptors (Lipinski definition) is 4. The van der Waals surface area contributed by atoms with Gasteiger partial charge in [-0.15, -0.1) is 0 Å². The molecule has 1 radical (unpaired) electrons. The molecule has 1 atom stereocenters. The minimum atomic E-state index is -0.396. The first-order chi connectivity index (χ1) is 8.42. The number of hydrogen-bond donors (Lipinski definition) is 1. The highest BCUT2D eigenvalue weighted by Crippen LogP contribution is 2.28. The summed E-state index contributed by atoms with van der Waals surface area (Å²) in [5.41, 5.74) is 0.770.